The third-order valence-corrected chi connectivity index (χ3v) is 3.68. The maximum Gasteiger partial charge on any atom is -0.0417 e. The molecule has 0 saturated heterocycles. The van der Waals surface area contributed by atoms with Gasteiger partial charge in [-0.2, -0.15) is 0 Å². The highest BCUT2D eigenvalue weighted by Crippen LogP contribution is 2.29. The Kier molecular flexibility index (Phi) is 12.2. The molecule has 0 aromatic heterocycles. The minimum atomic E-state index is 0. The van der Waals surface area contributed by atoms with Crippen LogP contribution in [0.15, 0.2) is 0 Å². The molecule has 0 aliphatic heterocycles. The summed E-state index contributed by atoms with van der Waals surface area (Å²) >= 11 is 0. The summed E-state index contributed by atoms with van der Waals surface area (Å²) in [6, 6.07) is 0. The molecule has 0 radical (unpaired) electrons. The molecule has 0 nitrogen and oxygen atoms in total. The van der Waals surface area contributed by atoms with Crippen molar-refractivity contribution in [1.82, 2.24) is 0 Å². The predicted octanol–water partition coefficient (Wildman–Crippen LogP) is 5.91. The standard InChI is InChI=1S/C7H14.C5H10.C2H6.CH4/c1-6-4-3-5-7(6)2;1-5-3-2-4-5;1-2;/h6-7H,3-5H2,1-2H3;5H,2-4H2,1H3;1-2H3;1H4. The third-order valence-electron chi connectivity index (χ3n) is 3.68. The predicted molar refractivity (Wildman–Crippen MR) is 73.3 cm³/mol. The molecule has 15 heavy (non-hydrogen) atoms. The zero-order valence-corrected chi connectivity index (χ0v) is 11.0. The molecular weight excluding hydrogens is 180 g/mol. The quantitative estimate of drug-likeness (QED) is 0.470. The second-order valence-electron chi connectivity index (χ2n) is 4.92. The first kappa shape index (κ1) is 17.4. The molecule has 94 valence electrons. The molecule has 2 aliphatic rings. The van der Waals surface area contributed by atoms with E-state index in [0.717, 1.165) is 17.8 Å². The van der Waals surface area contributed by atoms with E-state index in [1.807, 2.05) is 13.8 Å². The molecule has 2 atom stereocenters. The van der Waals surface area contributed by atoms with Gasteiger partial charge in [0.25, 0.3) is 0 Å². The van der Waals surface area contributed by atoms with Gasteiger partial charge in [-0.25, -0.2) is 0 Å². The summed E-state index contributed by atoms with van der Waals surface area (Å²) < 4.78 is 0. The lowest BCUT2D eigenvalue weighted by molar-refractivity contribution is 0.346. The van der Waals surface area contributed by atoms with Crippen LogP contribution in [0, 0.1) is 17.8 Å². The first-order chi connectivity index (χ1) is 6.70. The highest BCUT2D eigenvalue weighted by molar-refractivity contribution is 4.69. The van der Waals surface area contributed by atoms with Gasteiger partial charge in [0, 0.05) is 0 Å². The molecule has 0 N–H and O–H groups in total. The van der Waals surface area contributed by atoms with Crippen LogP contribution in [0.25, 0.3) is 0 Å². The van der Waals surface area contributed by atoms with E-state index >= 15 is 0 Å². The topological polar surface area (TPSA) is 0 Å². The van der Waals surface area contributed by atoms with Gasteiger partial charge in [-0.05, 0) is 17.8 Å². The van der Waals surface area contributed by atoms with Crippen molar-refractivity contribution in [2.75, 3.05) is 0 Å². The smallest absolute Gasteiger partial charge is 0.0417 e. The third kappa shape index (κ3) is 7.88. The van der Waals surface area contributed by atoms with E-state index in [9.17, 15) is 0 Å². The second-order valence-corrected chi connectivity index (χ2v) is 4.92. The fourth-order valence-electron chi connectivity index (χ4n) is 1.94. The lowest BCUT2D eigenvalue weighted by atomic mass is 9.88. The number of hydrogen-bond acceptors (Lipinski definition) is 0. The van der Waals surface area contributed by atoms with Crippen molar-refractivity contribution in [3.8, 4) is 0 Å². The van der Waals surface area contributed by atoms with Crippen LogP contribution in [0.4, 0.5) is 0 Å². The van der Waals surface area contributed by atoms with E-state index in [1.54, 1.807) is 0 Å². The molecule has 0 amide bonds. The Labute approximate surface area is 98.9 Å². The van der Waals surface area contributed by atoms with Crippen molar-refractivity contribution in [2.45, 2.75) is 80.6 Å². The van der Waals surface area contributed by atoms with Crippen molar-refractivity contribution in [1.29, 1.82) is 0 Å². The molecule has 0 aromatic rings. The van der Waals surface area contributed by atoms with Crippen molar-refractivity contribution in [3.63, 3.8) is 0 Å². The number of rotatable bonds is 0. The summed E-state index contributed by atoms with van der Waals surface area (Å²) in [4.78, 5) is 0. The van der Waals surface area contributed by atoms with E-state index in [0.29, 0.717) is 0 Å². The summed E-state index contributed by atoms with van der Waals surface area (Å²) in [5.74, 6) is 3.09. The molecule has 0 spiro atoms. The average molecular weight is 214 g/mol. The van der Waals surface area contributed by atoms with Crippen molar-refractivity contribution in [2.24, 2.45) is 17.8 Å². The van der Waals surface area contributed by atoms with Gasteiger partial charge in [-0.1, -0.05) is 80.6 Å². The van der Waals surface area contributed by atoms with Crippen LogP contribution < -0.4 is 0 Å². The highest BCUT2D eigenvalue weighted by atomic mass is 14.2. The van der Waals surface area contributed by atoms with Crippen LogP contribution in [0.5, 0.6) is 0 Å². The van der Waals surface area contributed by atoms with E-state index in [4.69, 9.17) is 0 Å². The van der Waals surface area contributed by atoms with Crippen LogP contribution >= 0.6 is 0 Å². The van der Waals surface area contributed by atoms with Crippen LogP contribution in [0.3, 0.4) is 0 Å². The molecule has 0 bridgehead atoms. The lowest BCUT2D eigenvalue weighted by Gasteiger charge is -2.18. The summed E-state index contributed by atoms with van der Waals surface area (Å²) in [6.07, 6.45) is 8.88. The Morgan fingerprint density at radius 3 is 1.00 bits per heavy atom. The van der Waals surface area contributed by atoms with E-state index in [-0.39, 0.29) is 7.43 Å². The van der Waals surface area contributed by atoms with Gasteiger partial charge in [0.1, 0.15) is 0 Å². The van der Waals surface area contributed by atoms with Crippen LogP contribution in [-0.2, 0) is 0 Å². The zero-order chi connectivity index (χ0) is 11.0. The summed E-state index contributed by atoms with van der Waals surface area (Å²) in [6.45, 7) is 11.0. The van der Waals surface area contributed by atoms with Crippen LogP contribution in [0.2, 0.25) is 0 Å². The molecule has 2 rings (SSSR count). The van der Waals surface area contributed by atoms with Gasteiger partial charge in [-0.3, -0.25) is 0 Å². The van der Waals surface area contributed by atoms with Crippen molar-refractivity contribution < 1.29 is 0 Å². The second kappa shape index (κ2) is 10.5. The minimum Gasteiger partial charge on any atom is -0.0776 e. The summed E-state index contributed by atoms with van der Waals surface area (Å²) in [5, 5.41) is 0. The monoisotopic (exact) mass is 214 g/mol. The maximum atomic E-state index is 2.36. The molecule has 2 unspecified atom stereocenters. The van der Waals surface area contributed by atoms with E-state index in [2.05, 4.69) is 20.8 Å². The fraction of sp³-hybridized carbons (Fsp3) is 1.00. The number of hydrogen-bond donors (Lipinski definition) is 0. The lowest BCUT2D eigenvalue weighted by Crippen LogP contribution is -2.04. The molecule has 2 fully saturated rings. The van der Waals surface area contributed by atoms with Gasteiger partial charge < -0.3 is 0 Å². The molecule has 0 aromatic carbocycles. The first-order valence-corrected chi connectivity index (χ1v) is 6.70. The SMILES string of the molecule is C.CC.CC1CCC1.CC1CCCC1C. The molecule has 2 saturated carbocycles. The van der Waals surface area contributed by atoms with Gasteiger partial charge in [-0.15, -0.1) is 0 Å². The molecule has 0 heterocycles. The summed E-state index contributed by atoms with van der Waals surface area (Å²) in [5.41, 5.74) is 0. The Bertz CT molecular complexity index is 105. The Hall–Kier alpha value is 0. The maximum absolute atomic E-state index is 2.36. The fourth-order valence-corrected chi connectivity index (χ4v) is 1.94. The Balaban J connectivity index is 0. The van der Waals surface area contributed by atoms with Crippen molar-refractivity contribution in [3.05, 3.63) is 0 Å². The zero-order valence-electron chi connectivity index (χ0n) is 11.0. The summed E-state index contributed by atoms with van der Waals surface area (Å²) in [7, 11) is 0. The Morgan fingerprint density at radius 1 is 0.667 bits per heavy atom. The van der Waals surface area contributed by atoms with Gasteiger partial charge >= 0.3 is 0 Å². The normalized spacial score (nSPS) is 28.6. The largest absolute Gasteiger partial charge is 0.0776 e. The minimum absolute atomic E-state index is 0. The molecular formula is C15H34. The molecule has 2 aliphatic carbocycles. The van der Waals surface area contributed by atoms with Gasteiger partial charge in [0.2, 0.25) is 0 Å². The van der Waals surface area contributed by atoms with Gasteiger partial charge in [0.15, 0.2) is 0 Å². The van der Waals surface area contributed by atoms with Gasteiger partial charge in [0.05, 0.1) is 0 Å². The van der Waals surface area contributed by atoms with E-state index < -0.39 is 0 Å². The first-order valence-electron chi connectivity index (χ1n) is 6.70. The molecule has 0 heteroatoms. The van der Waals surface area contributed by atoms with Crippen LogP contribution in [0.1, 0.15) is 80.6 Å². The van der Waals surface area contributed by atoms with E-state index in [1.165, 1.54) is 38.5 Å². The average Bonchev–Trinajstić information content (AvgIpc) is 2.52. The van der Waals surface area contributed by atoms with Crippen molar-refractivity contribution >= 4 is 0 Å². The highest BCUT2D eigenvalue weighted by Gasteiger charge is 2.17. The van der Waals surface area contributed by atoms with Crippen LogP contribution in [-0.4, -0.2) is 0 Å². The Morgan fingerprint density at radius 2 is 0.933 bits per heavy atom.